The lowest BCUT2D eigenvalue weighted by Crippen LogP contribution is -2.49. The van der Waals surface area contributed by atoms with Crippen LogP contribution in [0.3, 0.4) is 0 Å². The molecule has 7 rings (SSSR count). The molecule has 0 atom stereocenters. The van der Waals surface area contributed by atoms with Crippen LogP contribution in [0.4, 0.5) is 18.9 Å². The number of piperazine rings is 1. The van der Waals surface area contributed by atoms with Gasteiger partial charge >= 0.3 is 6.18 Å². The molecular weight excluding hydrogens is 617 g/mol. The maximum absolute atomic E-state index is 13.8. The molecule has 2 fully saturated rings. The summed E-state index contributed by atoms with van der Waals surface area (Å²) in [6, 6.07) is 21.0. The Balaban J connectivity index is 0.982. The molecule has 0 spiro atoms. The van der Waals surface area contributed by atoms with Crippen molar-refractivity contribution in [2.75, 3.05) is 44.2 Å². The second-order valence-electron chi connectivity index (χ2n) is 13.6. The van der Waals surface area contributed by atoms with Crippen molar-refractivity contribution in [1.82, 2.24) is 15.1 Å². The quantitative estimate of drug-likeness (QED) is 0.250. The average molecular weight is 661 g/mol. The zero-order valence-corrected chi connectivity index (χ0v) is 27.2. The molecule has 1 aliphatic carbocycles. The van der Waals surface area contributed by atoms with Crippen molar-refractivity contribution in [2.45, 2.75) is 75.5 Å². The summed E-state index contributed by atoms with van der Waals surface area (Å²) in [5.74, 6) is 0.497. The summed E-state index contributed by atoms with van der Waals surface area (Å²) < 4.78 is 45.8. The van der Waals surface area contributed by atoms with Crippen LogP contribution < -0.4 is 15.0 Å². The molecule has 3 aromatic rings. The molecule has 3 heterocycles. The topological polar surface area (TPSA) is 65.1 Å². The smallest absolute Gasteiger partial charge is 0.405 e. The molecule has 1 saturated heterocycles. The molecule has 2 amide bonds. The van der Waals surface area contributed by atoms with Gasteiger partial charge in [0.2, 0.25) is 5.91 Å². The molecule has 1 saturated carbocycles. The van der Waals surface area contributed by atoms with E-state index in [4.69, 9.17) is 4.74 Å². The first kappa shape index (κ1) is 32.5. The first-order valence-corrected chi connectivity index (χ1v) is 17.4. The zero-order chi connectivity index (χ0) is 33.3. The molecule has 7 nitrogen and oxygen atoms in total. The number of unbranched alkanes of at least 4 members (excludes halogenated alkanes) is 1. The number of fused-ring (bicyclic) bond motifs is 3. The van der Waals surface area contributed by atoms with E-state index in [1.54, 1.807) is 48.5 Å². The maximum atomic E-state index is 13.8. The number of para-hydroxylation sites is 2. The van der Waals surface area contributed by atoms with Gasteiger partial charge in [0.05, 0.1) is 0 Å². The van der Waals surface area contributed by atoms with Gasteiger partial charge in [-0.25, -0.2) is 0 Å². The average Bonchev–Trinajstić information content (AvgIpc) is 3.44. The third kappa shape index (κ3) is 6.39. The van der Waals surface area contributed by atoms with Crippen molar-refractivity contribution in [2.24, 2.45) is 0 Å². The van der Waals surface area contributed by atoms with Gasteiger partial charge in [-0.3, -0.25) is 14.5 Å². The van der Waals surface area contributed by atoms with Crippen LogP contribution in [-0.4, -0.2) is 73.1 Å². The van der Waals surface area contributed by atoms with E-state index < -0.39 is 24.0 Å². The van der Waals surface area contributed by atoms with Crippen LogP contribution in [-0.2, 0) is 16.8 Å². The van der Waals surface area contributed by atoms with Gasteiger partial charge in [0.1, 0.15) is 23.5 Å². The highest BCUT2D eigenvalue weighted by atomic mass is 19.4. The van der Waals surface area contributed by atoms with Crippen LogP contribution in [0.1, 0.15) is 78.4 Å². The van der Waals surface area contributed by atoms with Gasteiger partial charge in [-0.05, 0) is 62.1 Å². The van der Waals surface area contributed by atoms with Gasteiger partial charge in [-0.15, -0.1) is 0 Å². The number of halogens is 3. The zero-order valence-electron chi connectivity index (χ0n) is 27.2. The number of carbonyl (C=O) groups is 2. The first-order chi connectivity index (χ1) is 23.2. The number of ether oxygens (including phenoxy) is 1. The van der Waals surface area contributed by atoms with Gasteiger partial charge in [0.15, 0.2) is 0 Å². The van der Waals surface area contributed by atoms with Crippen molar-refractivity contribution in [3.05, 3.63) is 89.0 Å². The highest BCUT2D eigenvalue weighted by Crippen LogP contribution is 2.51. The summed E-state index contributed by atoms with van der Waals surface area (Å²) in [4.78, 5) is 34.0. The van der Waals surface area contributed by atoms with Crippen molar-refractivity contribution in [3.8, 4) is 11.5 Å². The number of hydrogen-bond donors (Lipinski definition) is 1. The SMILES string of the molecule is O=C1c2cc(N3CCN(CCCCC4(C(=O)NCC(F)(F)F)c5ccccc5Oc5ccccc54)CC3)ccc2CN1C1CCCCC1. The molecule has 3 aromatic carbocycles. The third-order valence-corrected chi connectivity index (χ3v) is 10.7. The van der Waals surface area contributed by atoms with Crippen LogP contribution in [0, 0.1) is 0 Å². The van der Waals surface area contributed by atoms with Gasteiger partial charge < -0.3 is 19.9 Å². The van der Waals surface area contributed by atoms with E-state index in [0.29, 0.717) is 41.5 Å². The second kappa shape index (κ2) is 13.5. The summed E-state index contributed by atoms with van der Waals surface area (Å²) in [5, 5.41) is 2.20. The van der Waals surface area contributed by atoms with Gasteiger partial charge in [0.25, 0.3) is 5.91 Å². The van der Waals surface area contributed by atoms with E-state index in [0.717, 1.165) is 75.3 Å². The molecule has 10 heteroatoms. The first-order valence-electron chi connectivity index (χ1n) is 17.4. The van der Waals surface area contributed by atoms with Crippen molar-refractivity contribution in [3.63, 3.8) is 0 Å². The molecule has 0 radical (unpaired) electrons. The van der Waals surface area contributed by atoms with E-state index in [1.165, 1.54) is 19.3 Å². The minimum atomic E-state index is -4.52. The number of amides is 2. The fourth-order valence-electron chi connectivity index (χ4n) is 8.19. The molecule has 0 unspecified atom stereocenters. The number of benzene rings is 3. The standard InChI is InChI=1S/C38H43F3N4O3/c39-38(40,41)26-42-36(47)37(31-12-4-6-14-33(31)48-34-15-7-5-13-32(34)37)18-8-9-19-43-20-22-44(23-21-43)29-17-16-27-25-45(35(46)30(27)24-29)28-10-2-1-3-11-28/h4-7,12-17,24,28H,1-3,8-11,18-23,25-26H2,(H,42,47). The fourth-order valence-corrected chi connectivity index (χ4v) is 8.19. The highest BCUT2D eigenvalue weighted by Gasteiger charge is 2.48. The van der Waals surface area contributed by atoms with Crippen LogP contribution in [0.25, 0.3) is 0 Å². The fraction of sp³-hybridized carbons (Fsp3) is 0.474. The maximum Gasteiger partial charge on any atom is 0.405 e. The Labute approximate surface area is 280 Å². The number of carbonyl (C=O) groups excluding carboxylic acids is 2. The number of hydrogen-bond acceptors (Lipinski definition) is 5. The van der Waals surface area contributed by atoms with E-state index in [9.17, 15) is 22.8 Å². The van der Waals surface area contributed by atoms with Crippen LogP contribution >= 0.6 is 0 Å². The summed E-state index contributed by atoms with van der Waals surface area (Å²) in [6.45, 7) is 3.60. The van der Waals surface area contributed by atoms with Crippen LogP contribution in [0.15, 0.2) is 66.7 Å². The number of nitrogens with one attached hydrogen (secondary N) is 1. The van der Waals surface area contributed by atoms with Crippen molar-refractivity contribution >= 4 is 17.5 Å². The minimum Gasteiger partial charge on any atom is -0.457 e. The predicted molar refractivity (Wildman–Crippen MR) is 178 cm³/mol. The van der Waals surface area contributed by atoms with E-state index in [2.05, 4.69) is 38.2 Å². The summed E-state index contributed by atoms with van der Waals surface area (Å²) in [7, 11) is 0. The number of nitrogens with zero attached hydrogens (tertiary/aromatic N) is 3. The molecular formula is C38H43F3N4O3. The van der Waals surface area contributed by atoms with Gasteiger partial charge in [-0.1, -0.05) is 68.1 Å². The van der Waals surface area contributed by atoms with E-state index in [-0.39, 0.29) is 5.91 Å². The highest BCUT2D eigenvalue weighted by molar-refractivity contribution is 5.99. The lowest BCUT2D eigenvalue weighted by Gasteiger charge is -2.39. The molecule has 3 aliphatic heterocycles. The summed E-state index contributed by atoms with van der Waals surface area (Å²) in [6.07, 6.45) is 3.17. The Morgan fingerprint density at radius 1 is 0.875 bits per heavy atom. The van der Waals surface area contributed by atoms with Crippen LogP contribution in [0.5, 0.6) is 11.5 Å². The Hall–Kier alpha value is -4.05. The molecule has 1 N–H and O–H groups in total. The Kier molecular flexibility index (Phi) is 9.11. The monoisotopic (exact) mass is 660 g/mol. The Morgan fingerprint density at radius 2 is 1.54 bits per heavy atom. The van der Waals surface area contributed by atoms with E-state index >= 15 is 0 Å². The minimum absolute atomic E-state index is 0.178. The lowest BCUT2D eigenvalue weighted by molar-refractivity contribution is -0.141. The number of rotatable bonds is 9. The van der Waals surface area contributed by atoms with E-state index in [1.807, 2.05) is 0 Å². The van der Waals surface area contributed by atoms with Gasteiger partial charge in [0, 0.05) is 61.1 Å². The summed E-state index contributed by atoms with van der Waals surface area (Å²) >= 11 is 0. The third-order valence-electron chi connectivity index (χ3n) is 10.7. The number of alkyl halides is 3. The normalized spacial score (nSPS) is 19.4. The lowest BCUT2D eigenvalue weighted by atomic mass is 9.68. The predicted octanol–water partition coefficient (Wildman–Crippen LogP) is 7.04. The molecule has 4 aliphatic rings. The second-order valence-corrected chi connectivity index (χ2v) is 13.6. The Morgan fingerprint density at radius 3 is 2.21 bits per heavy atom. The molecule has 0 aromatic heterocycles. The molecule has 0 bridgehead atoms. The molecule has 254 valence electrons. The largest absolute Gasteiger partial charge is 0.457 e. The van der Waals surface area contributed by atoms with Crippen molar-refractivity contribution in [1.29, 1.82) is 0 Å². The summed E-state index contributed by atoms with van der Waals surface area (Å²) in [5.41, 5.74) is 2.96. The number of anilines is 1. The van der Waals surface area contributed by atoms with Gasteiger partial charge in [-0.2, -0.15) is 13.2 Å². The van der Waals surface area contributed by atoms with Crippen molar-refractivity contribution < 1.29 is 27.5 Å². The van der Waals surface area contributed by atoms with Crippen LogP contribution in [0.2, 0.25) is 0 Å². The molecule has 48 heavy (non-hydrogen) atoms. The Bertz CT molecular complexity index is 1600.